The van der Waals surface area contributed by atoms with Gasteiger partial charge in [-0.1, -0.05) is 13.0 Å². The predicted octanol–water partition coefficient (Wildman–Crippen LogP) is 1.90. The summed E-state index contributed by atoms with van der Waals surface area (Å²) in [4.78, 5) is 2.44. The molecule has 1 saturated heterocycles. The second-order valence-electron chi connectivity index (χ2n) is 3.23. The van der Waals surface area contributed by atoms with Crippen LogP contribution in [0, 0.1) is 5.92 Å². The first kappa shape index (κ1) is 7.80. The van der Waals surface area contributed by atoms with Gasteiger partial charge in [0.15, 0.2) is 0 Å². The molecule has 0 aromatic rings. The molecule has 0 aromatic carbocycles. The monoisotopic (exact) mass is 139 g/mol. The van der Waals surface area contributed by atoms with Crippen LogP contribution in [-0.2, 0) is 0 Å². The fourth-order valence-electron chi connectivity index (χ4n) is 1.77. The molecule has 2 unspecified atom stereocenters. The van der Waals surface area contributed by atoms with Gasteiger partial charge >= 0.3 is 0 Å². The zero-order valence-corrected chi connectivity index (χ0v) is 7.01. The fraction of sp³-hybridized carbons (Fsp3) is 0.778. The van der Waals surface area contributed by atoms with E-state index in [-0.39, 0.29) is 0 Å². The first-order valence-electron chi connectivity index (χ1n) is 4.10. The van der Waals surface area contributed by atoms with Gasteiger partial charge < -0.3 is 4.90 Å². The van der Waals surface area contributed by atoms with E-state index in [0.29, 0.717) is 0 Å². The third kappa shape index (κ3) is 1.40. The molecule has 0 aliphatic carbocycles. The van der Waals surface area contributed by atoms with Crippen molar-refractivity contribution in [2.24, 2.45) is 5.92 Å². The minimum atomic E-state index is 0.745. The maximum absolute atomic E-state index is 3.82. The normalized spacial score (nSPS) is 34.6. The van der Waals surface area contributed by atoms with Gasteiger partial charge in [-0.3, -0.25) is 0 Å². The Morgan fingerprint density at radius 2 is 2.40 bits per heavy atom. The van der Waals surface area contributed by atoms with Crippen molar-refractivity contribution in [3.63, 3.8) is 0 Å². The van der Waals surface area contributed by atoms with Crippen molar-refractivity contribution in [3.05, 3.63) is 12.7 Å². The molecule has 0 saturated carbocycles. The fourth-order valence-corrected chi connectivity index (χ4v) is 1.77. The molecule has 0 N–H and O–H groups in total. The SMILES string of the molecule is C=CC1CC(CC)N(C)C1. The third-order valence-electron chi connectivity index (χ3n) is 2.53. The smallest absolute Gasteiger partial charge is 0.00959 e. The molecule has 2 atom stereocenters. The molecule has 1 heterocycles. The maximum Gasteiger partial charge on any atom is 0.00959 e. The number of rotatable bonds is 2. The Labute approximate surface area is 63.7 Å². The van der Waals surface area contributed by atoms with E-state index in [2.05, 4.69) is 31.5 Å². The Kier molecular flexibility index (Phi) is 2.50. The van der Waals surface area contributed by atoms with E-state index in [1.54, 1.807) is 0 Å². The van der Waals surface area contributed by atoms with Crippen LogP contribution in [0.5, 0.6) is 0 Å². The van der Waals surface area contributed by atoms with E-state index < -0.39 is 0 Å². The Balaban J connectivity index is 2.43. The van der Waals surface area contributed by atoms with Crippen LogP contribution in [0.1, 0.15) is 19.8 Å². The first-order valence-corrected chi connectivity index (χ1v) is 4.10. The van der Waals surface area contributed by atoms with E-state index in [1.807, 2.05) is 0 Å². The minimum absolute atomic E-state index is 0.745. The predicted molar refractivity (Wildman–Crippen MR) is 45.0 cm³/mol. The van der Waals surface area contributed by atoms with E-state index in [1.165, 1.54) is 19.4 Å². The van der Waals surface area contributed by atoms with Crippen molar-refractivity contribution < 1.29 is 0 Å². The van der Waals surface area contributed by atoms with E-state index in [4.69, 9.17) is 0 Å². The first-order chi connectivity index (χ1) is 4.77. The molecule has 0 amide bonds. The van der Waals surface area contributed by atoms with Gasteiger partial charge in [-0.05, 0) is 25.8 Å². The molecule has 1 aliphatic heterocycles. The molecule has 10 heavy (non-hydrogen) atoms. The summed E-state index contributed by atoms with van der Waals surface area (Å²) in [6.45, 7) is 7.29. The number of nitrogens with zero attached hydrogens (tertiary/aromatic N) is 1. The summed E-state index contributed by atoms with van der Waals surface area (Å²) in [6, 6.07) is 0.808. The standard InChI is InChI=1S/C9H17N/c1-4-8-6-9(5-2)10(3)7-8/h4,8-9H,1,5-7H2,2-3H3. The van der Waals surface area contributed by atoms with Crippen molar-refractivity contribution in [3.8, 4) is 0 Å². The summed E-state index contributed by atoms with van der Waals surface area (Å²) in [5.41, 5.74) is 0. The Morgan fingerprint density at radius 3 is 2.70 bits per heavy atom. The summed E-state index contributed by atoms with van der Waals surface area (Å²) >= 11 is 0. The summed E-state index contributed by atoms with van der Waals surface area (Å²) < 4.78 is 0. The molecule has 1 fully saturated rings. The topological polar surface area (TPSA) is 3.24 Å². The molecule has 0 spiro atoms. The number of likely N-dealkylation sites (tertiary alicyclic amines) is 1. The van der Waals surface area contributed by atoms with Crippen LogP contribution in [0.25, 0.3) is 0 Å². The third-order valence-corrected chi connectivity index (χ3v) is 2.53. The van der Waals surface area contributed by atoms with E-state index >= 15 is 0 Å². The van der Waals surface area contributed by atoms with Crippen LogP contribution in [0.15, 0.2) is 12.7 Å². The number of hydrogen-bond acceptors (Lipinski definition) is 1. The van der Waals surface area contributed by atoms with Crippen molar-refractivity contribution >= 4 is 0 Å². The largest absolute Gasteiger partial charge is 0.303 e. The molecule has 1 rings (SSSR count). The highest BCUT2D eigenvalue weighted by molar-refractivity contribution is 4.91. The molecular weight excluding hydrogens is 122 g/mol. The highest BCUT2D eigenvalue weighted by Crippen LogP contribution is 2.23. The van der Waals surface area contributed by atoms with Crippen LogP contribution in [0.3, 0.4) is 0 Å². The molecule has 0 bridgehead atoms. The van der Waals surface area contributed by atoms with E-state index in [0.717, 1.165) is 12.0 Å². The molecule has 1 nitrogen and oxygen atoms in total. The minimum Gasteiger partial charge on any atom is -0.303 e. The Bertz CT molecular complexity index is 120. The van der Waals surface area contributed by atoms with Gasteiger partial charge in [0.25, 0.3) is 0 Å². The molecule has 1 aliphatic rings. The Hall–Kier alpha value is -0.300. The van der Waals surface area contributed by atoms with Crippen molar-refractivity contribution in [1.82, 2.24) is 4.90 Å². The summed E-state index contributed by atoms with van der Waals surface area (Å²) in [5.74, 6) is 0.745. The summed E-state index contributed by atoms with van der Waals surface area (Å²) in [7, 11) is 2.21. The molecule has 58 valence electrons. The molecular formula is C9H17N. The molecule has 0 aromatic heterocycles. The van der Waals surface area contributed by atoms with Crippen molar-refractivity contribution in [2.45, 2.75) is 25.8 Å². The van der Waals surface area contributed by atoms with Gasteiger partial charge in [0.05, 0.1) is 0 Å². The van der Waals surface area contributed by atoms with Gasteiger partial charge in [-0.2, -0.15) is 0 Å². The highest BCUT2D eigenvalue weighted by Gasteiger charge is 2.25. The lowest BCUT2D eigenvalue weighted by molar-refractivity contribution is 0.302. The van der Waals surface area contributed by atoms with E-state index in [9.17, 15) is 0 Å². The summed E-state index contributed by atoms with van der Waals surface area (Å²) in [6.07, 6.45) is 4.68. The van der Waals surface area contributed by atoms with Crippen LogP contribution < -0.4 is 0 Å². The number of hydrogen-bond donors (Lipinski definition) is 0. The lowest BCUT2D eigenvalue weighted by Crippen LogP contribution is -2.23. The zero-order chi connectivity index (χ0) is 7.56. The molecule has 1 heteroatoms. The van der Waals surface area contributed by atoms with Gasteiger partial charge in [0, 0.05) is 12.6 Å². The lowest BCUT2D eigenvalue weighted by atomic mass is 10.1. The zero-order valence-electron chi connectivity index (χ0n) is 7.01. The average molecular weight is 139 g/mol. The van der Waals surface area contributed by atoms with Crippen LogP contribution in [0.2, 0.25) is 0 Å². The average Bonchev–Trinajstić information content (AvgIpc) is 2.30. The van der Waals surface area contributed by atoms with Gasteiger partial charge in [-0.15, -0.1) is 6.58 Å². The maximum atomic E-state index is 3.82. The molecule has 0 radical (unpaired) electrons. The highest BCUT2D eigenvalue weighted by atomic mass is 15.1. The van der Waals surface area contributed by atoms with Crippen molar-refractivity contribution in [2.75, 3.05) is 13.6 Å². The van der Waals surface area contributed by atoms with Gasteiger partial charge in [0.2, 0.25) is 0 Å². The second-order valence-corrected chi connectivity index (χ2v) is 3.23. The Morgan fingerprint density at radius 1 is 1.70 bits per heavy atom. The van der Waals surface area contributed by atoms with Crippen LogP contribution >= 0.6 is 0 Å². The van der Waals surface area contributed by atoms with Gasteiger partial charge in [-0.25, -0.2) is 0 Å². The lowest BCUT2D eigenvalue weighted by Gasteiger charge is -2.16. The van der Waals surface area contributed by atoms with Crippen LogP contribution in [-0.4, -0.2) is 24.5 Å². The quantitative estimate of drug-likeness (QED) is 0.528. The van der Waals surface area contributed by atoms with Crippen LogP contribution in [0.4, 0.5) is 0 Å². The summed E-state index contributed by atoms with van der Waals surface area (Å²) in [5, 5.41) is 0. The van der Waals surface area contributed by atoms with Gasteiger partial charge in [0.1, 0.15) is 0 Å². The van der Waals surface area contributed by atoms with Crippen molar-refractivity contribution in [1.29, 1.82) is 0 Å². The second kappa shape index (κ2) is 3.20.